The molecular formula is C11H11ClFN3. The molecule has 2 aromatic rings. The van der Waals surface area contributed by atoms with Crippen molar-refractivity contribution in [2.45, 2.75) is 19.2 Å². The Morgan fingerprint density at radius 1 is 1.19 bits per heavy atom. The summed E-state index contributed by atoms with van der Waals surface area (Å²) in [7, 11) is 0. The second kappa shape index (κ2) is 4.61. The summed E-state index contributed by atoms with van der Waals surface area (Å²) in [5, 5.41) is 8.03. The summed E-state index contributed by atoms with van der Waals surface area (Å²) in [5.41, 5.74) is 0.832. The van der Waals surface area contributed by atoms with Crippen LogP contribution in [0.5, 0.6) is 0 Å². The molecule has 0 saturated heterocycles. The molecule has 84 valence electrons. The fourth-order valence-electron chi connectivity index (χ4n) is 1.56. The first-order valence-corrected chi connectivity index (χ1v) is 5.54. The molecule has 0 aliphatic rings. The number of alkyl halides is 1. The Morgan fingerprint density at radius 2 is 1.81 bits per heavy atom. The Kier molecular flexibility index (Phi) is 3.19. The predicted molar refractivity (Wildman–Crippen MR) is 60.3 cm³/mol. The van der Waals surface area contributed by atoms with Crippen LogP contribution in [0.3, 0.4) is 0 Å². The summed E-state index contributed by atoms with van der Waals surface area (Å²) in [4.78, 5) is 0. The molecule has 2 rings (SSSR count). The van der Waals surface area contributed by atoms with Crippen molar-refractivity contribution in [3.05, 3.63) is 41.7 Å². The maximum Gasteiger partial charge on any atom is 0.152 e. The average Bonchev–Trinajstić information content (AvgIpc) is 2.73. The number of nitrogens with zero attached hydrogens (tertiary/aromatic N) is 3. The Bertz CT molecular complexity index is 457. The van der Waals surface area contributed by atoms with Crippen molar-refractivity contribution in [3.8, 4) is 5.69 Å². The van der Waals surface area contributed by atoms with E-state index in [2.05, 4.69) is 10.2 Å². The van der Waals surface area contributed by atoms with E-state index in [9.17, 15) is 4.39 Å². The smallest absolute Gasteiger partial charge is 0.152 e. The molecule has 0 saturated carbocycles. The van der Waals surface area contributed by atoms with Crippen LogP contribution in [0.4, 0.5) is 4.39 Å². The largest absolute Gasteiger partial charge is 0.282 e. The topological polar surface area (TPSA) is 30.7 Å². The molecule has 1 aromatic heterocycles. The van der Waals surface area contributed by atoms with Crippen molar-refractivity contribution in [2.75, 3.05) is 0 Å². The predicted octanol–water partition coefficient (Wildman–Crippen LogP) is 2.71. The van der Waals surface area contributed by atoms with E-state index in [1.54, 1.807) is 12.1 Å². The number of hydrogen-bond donors (Lipinski definition) is 0. The summed E-state index contributed by atoms with van der Waals surface area (Å²) in [5.74, 6) is 1.51. The molecule has 0 amide bonds. The molecule has 0 bridgehead atoms. The highest BCUT2D eigenvalue weighted by molar-refractivity contribution is 6.16. The minimum absolute atomic E-state index is 0.262. The Hall–Kier alpha value is -1.42. The molecule has 0 fully saturated rings. The first kappa shape index (κ1) is 11.1. The van der Waals surface area contributed by atoms with E-state index in [1.165, 1.54) is 12.1 Å². The second-order valence-corrected chi connectivity index (χ2v) is 3.60. The van der Waals surface area contributed by atoms with Crippen LogP contribution in [0.25, 0.3) is 5.69 Å². The van der Waals surface area contributed by atoms with Gasteiger partial charge in [0.2, 0.25) is 0 Å². The van der Waals surface area contributed by atoms with Crippen LogP contribution in [0.1, 0.15) is 18.6 Å². The van der Waals surface area contributed by atoms with Gasteiger partial charge in [0.1, 0.15) is 11.6 Å². The Labute approximate surface area is 97.9 Å². The van der Waals surface area contributed by atoms with Gasteiger partial charge >= 0.3 is 0 Å². The minimum Gasteiger partial charge on any atom is -0.282 e. The maximum absolute atomic E-state index is 12.8. The van der Waals surface area contributed by atoms with Crippen LogP contribution in [-0.4, -0.2) is 14.8 Å². The van der Waals surface area contributed by atoms with Crippen LogP contribution in [0.15, 0.2) is 24.3 Å². The minimum atomic E-state index is -0.262. The molecule has 3 nitrogen and oxygen atoms in total. The van der Waals surface area contributed by atoms with Crippen molar-refractivity contribution in [2.24, 2.45) is 0 Å². The third-order valence-electron chi connectivity index (χ3n) is 2.32. The van der Waals surface area contributed by atoms with Crippen molar-refractivity contribution in [1.82, 2.24) is 14.8 Å². The van der Waals surface area contributed by atoms with Crippen LogP contribution in [0.2, 0.25) is 0 Å². The second-order valence-electron chi connectivity index (χ2n) is 3.33. The zero-order valence-electron chi connectivity index (χ0n) is 8.82. The molecule has 0 unspecified atom stereocenters. The van der Waals surface area contributed by atoms with Gasteiger partial charge in [0, 0.05) is 12.1 Å². The third kappa shape index (κ3) is 1.93. The molecular weight excluding hydrogens is 229 g/mol. The lowest BCUT2D eigenvalue weighted by atomic mass is 10.3. The van der Waals surface area contributed by atoms with Gasteiger partial charge in [-0.1, -0.05) is 6.92 Å². The fourth-order valence-corrected chi connectivity index (χ4v) is 1.73. The van der Waals surface area contributed by atoms with E-state index in [0.29, 0.717) is 5.82 Å². The SMILES string of the molecule is CCc1nnc(CCl)n1-c1ccc(F)cc1. The molecule has 0 aliphatic carbocycles. The molecule has 5 heteroatoms. The third-order valence-corrected chi connectivity index (χ3v) is 2.56. The van der Waals surface area contributed by atoms with E-state index in [1.807, 2.05) is 11.5 Å². The number of benzene rings is 1. The van der Waals surface area contributed by atoms with Gasteiger partial charge in [-0.3, -0.25) is 4.57 Å². The first-order chi connectivity index (χ1) is 7.76. The standard InChI is InChI=1S/C11H11ClFN3/c1-2-10-14-15-11(7-12)16(10)9-5-3-8(13)4-6-9/h3-6H,2,7H2,1H3. The first-order valence-electron chi connectivity index (χ1n) is 5.01. The lowest BCUT2D eigenvalue weighted by Crippen LogP contribution is -2.03. The average molecular weight is 240 g/mol. The molecule has 16 heavy (non-hydrogen) atoms. The fraction of sp³-hybridized carbons (Fsp3) is 0.273. The van der Waals surface area contributed by atoms with Gasteiger partial charge in [0.05, 0.1) is 5.88 Å². The van der Waals surface area contributed by atoms with E-state index in [-0.39, 0.29) is 11.7 Å². The Balaban J connectivity index is 2.52. The zero-order valence-corrected chi connectivity index (χ0v) is 9.58. The summed E-state index contributed by atoms with van der Waals surface area (Å²) in [6.07, 6.45) is 0.751. The van der Waals surface area contributed by atoms with Crippen LogP contribution in [0, 0.1) is 5.82 Å². The quantitative estimate of drug-likeness (QED) is 0.771. The summed E-state index contributed by atoms with van der Waals surface area (Å²) in [6.45, 7) is 1.99. The molecule has 0 spiro atoms. The summed E-state index contributed by atoms with van der Waals surface area (Å²) in [6, 6.07) is 6.20. The highest BCUT2D eigenvalue weighted by atomic mass is 35.5. The molecule has 0 radical (unpaired) electrons. The number of aryl methyl sites for hydroxylation is 1. The monoisotopic (exact) mass is 239 g/mol. The maximum atomic E-state index is 12.8. The van der Waals surface area contributed by atoms with Crippen LogP contribution in [-0.2, 0) is 12.3 Å². The molecule has 1 heterocycles. The van der Waals surface area contributed by atoms with Crippen LogP contribution < -0.4 is 0 Å². The highest BCUT2D eigenvalue weighted by Crippen LogP contribution is 2.15. The van der Waals surface area contributed by atoms with Gasteiger partial charge in [0.15, 0.2) is 5.82 Å². The summed E-state index contributed by atoms with van der Waals surface area (Å²) >= 11 is 5.79. The van der Waals surface area contributed by atoms with E-state index < -0.39 is 0 Å². The van der Waals surface area contributed by atoms with E-state index in [0.717, 1.165) is 17.9 Å². The molecule has 0 atom stereocenters. The van der Waals surface area contributed by atoms with Gasteiger partial charge < -0.3 is 0 Å². The van der Waals surface area contributed by atoms with Crippen LogP contribution >= 0.6 is 11.6 Å². The lowest BCUT2D eigenvalue weighted by Gasteiger charge is -2.07. The van der Waals surface area contributed by atoms with Gasteiger partial charge in [0.25, 0.3) is 0 Å². The molecule has 0 aliphatic heterocycles. The summed E-state index contributed by atoms with van der Waals surface area (Å²) < 4.78 is 14.7. The number of aromatic nitrogens is 3. The van der Waals surface area contributed by atoms with Gasteiger partial charge in [-0.2, -0.15) is 0 Å². The van der Waals surface area contributed by atoms with E-state index in [4.69, 9.17) is 11.6 Å². The lowest BCUT2D eigenvalue weighted by molar-refractivity contribution is 0.627. The van der Waals surface area contributed by atoms with Gasteiger partial charge in [-0.25, -0.2) is 4.39 Å². The molecule has 1 aromatic carbocycles. The number of rotatable bonds is 3. The molecule has 0 N–H and O–H groups in total. The van der Waals surface area contributed by atoms with Crippen molar-refractivity contribution < 1.29 is 4.39 Å². The van der Waals surface area contributed by atoms with Crippen molar-refractivity contribution in [3.63, 3.8) is 0 Å². The van der Waals surface area contributed by atoms with Gasteiger partial charge in [-0.05, 0) is 24.3 Å². The van der Waals surface area contributed by atoms with Crippen molar-refractivity contribution in [1.29, 1.82) is 0 Å². The zero-order chi connectivity index (χ0) is 11.5. The van der Waals surface area contributed by atoms with Crippen molar-refractivity contribution >= 4 is 11.6 Å². The normalized spacial score (nSPS) is 10.7. The Morgan fingerprint density at radius 3 is 2.38 bits per heavy atom. The van der Waals surface area contributed by atoms with Gasteiger partial charge in [-0.15, -0.1) is 21.8 Å². The number of halogens is 2. The highest BCUT2D eigenvalue weighted by Gasteiger charge is 2.11. The van der Waals surface area contributed by atoms with E-state index >= 15 is 0 Å². The number of hydrogen-bond acceptors (Lipinski definition) is 2.